The predicted octanol–water partition coefficient (Wildman–Crippen LogP) is 6.98. The molecule has 0 aliphatic heterocycles. The molecule has 6 nitrogen and oxygen atoms in total. The number of fused-ring (bicyclic) bond motifs is 1. The molecule has 0 radical (unpaired) electrons. The van der Waals surface area contributed by atoms with Crippen molar-refractivity contribution in [3.63, 3.8) is 0 Å². The molecule has 2 aromatic carbocycles. The summed E-state index contributed by atoms with van der Waals surface area (Å²) in [7, 11) is 0. The van der Waals surface area contributed by atoms with E-state index in [4.69, 9.17) is 0 Å². The van der Waals surface area contributed by atoms with Crippen molar-refractivity contribution in [2.24, 2.45) is 4.99 Å². The number of pyridine rings is 1. The van der Waals surface area contributed by atoms with Gasteiger partial charge in [-0.2, -0.15) is 9.65 Å². The van der Waals surface area contributed by atoms with Crippen LogP contribution in [0.25, 0.3) is 28.2 Å². The number of hydrogen-bond acceptors (Lipinski definition) is 5. The van der Waals surface area contributed by atoms with Crippen LogP contribution in [0.1, 0.15) is 38.8 Å². The van der Waals surface area contributed by atoms with E-state index in [0.29, 0.717) is 22.2 Å². The molecule has 0 aliphatic carbocycles. The zero-order valence-electron chi connectivity index (χ0n) is 20.1. The van der Waals surface area contributed by atoms with Crippen molar-refractivity contribution in [1.82, 2.24) is 4.98 Å². The molecule has 35 heavy (non-hydrogen) atoms. The smallest absolute Gasteiger partial charge is 0.325 e. The van der Waals surface area contributed by atoms with Crippen molar-refractivity contribution >= 4 is 35.4 Å². The first kappa shape index (κ1) is 28.7. The fourth-order valence-electron chi connectivity index (χ4n) is 2.93. The van der Waals surface area contributed by atoms with Crippen molar-refractivity contribution in [3.05, 3.63) is 78.0 Å². The third kappa shape index (κ3) is 7.86. The Morgan fingerprint density at radius 1 is 1.26 bits per heavy atom. The van der Waals surface area contributed by atoms with Crippen LogP contribution in [0.2, 0.25) is 0 Å². The van der Waals surface area contributed by atoms with Gasteiger partial charge in [-0.3, -0.25) is 4.79 Å². The van der Waals surface area contributed by atoms with E-state index in [1.54, 1.807) is 0 Å². The number of aromatic nitrogens is 1. The van der Waals surface area contributed by atoms with Crippen molar-refractivity contribution in [1.29, 1.82) is 5.26 Å². The maximum Gasteiger partial charge on any atom is 0.325 e. The van der Waals surface area contributed by atoms with Gasteiger partial charge in [0.15, 0.2) is 0 Å². The van der Waals surface area contributed by atoms with E-state index < -0.39 is 23.8 Å². The zero-order chi connectivity index (χ0) is 26.5. The maximum atomic E-state index is 13.8. The lowest BCUT2D eigenvalue weighted by Gasteiger charge is -2.17. The lowest BCUT2D eigenvalue weighted by atomic mass is 10.00. The van der Waals surface area contributed by atoms with Crippen LogP contribution in [0.15, 0.2) is 66.1 Å². The van der Waals surface area contributed by atoms with Crippen LogP contribution in [0, 0.1) is 17.1 Å². The number of nitriles is 1. The number of hydrogen-bond donors (Lipinski definition) is 2. The Morgan fingerprint density at radius 2 is 1.86 bits per heavy atom. The lowest BCUT2D eigenvalue weighted by molar-refractivity contribution is -0.137. The van der Waals surface area contributed by atoms with E-state index in [-0.39, 0.29) is 11.3 Å². The second-order valence-electron chi connectivity index (χ2n) is 6.84. The molecule has 0 amide bonds. The minimum atomic E-state index is -1.08. The summed E-state index contributed by atoms with van der Waals surface area (Å²) in [6.07, 6.45) is 3.88. The second-order valence-corrected chi connectivity index (χ2v) is 6.84. The van der Waals surface area contributed by atoms with Crippen LogP contribution >= 0.6 is 0 Å². The molecule has 0 saturated heterocycles. The van der Waals surface area contributed by atoms with Crippen molar-refractivity contribution < 1.29 is 18.7 Å². The summed E-state index contributed by atoms with van der Waals surface area (Å²) in [6, 6.07) is 12.7. The Balaban J connectivity index is 0.000000779. The van der Waals surface area contributed by atoms with Crippen LogP contribution in [0.3, 0.4) is 0 Å². The molecule has 1 unspecified atom stereocenters. The van der Waals surface area contributed by atoms with E-state index in [1.165, 1.54) is 25.1 Å². The van der Waals surface area contributed by atoms with Gasteiger partial charge in [-0.05, 0) is 50.9 Å². The van der Waals surface area contributed by atoms with Crippen LogP contribution in [-0.2, 0) is 4.79 Å². The molecule has 3 rings (SSSR count). The van der Waals surface area contributed by atoms with Gasteiger partial charge in [0, 0.05) is 10.9 Å². The average molecular weight is 479 g/mol. The topological polar surface area (TPSA) is 98.4 Å². The van der Waals surface area contributed by atoms with Gasteiger partial charge in [-0.1, -0.05) is 50.3 Å². The number of benzene rings is 2. The fraction of sp³-hybridized carbons (Fsp3) is 0.185. The molecule has 1 atom stereocenters. The van der Waals surface area contributed by atoms with E-state index in [2.05, 4.69) is 34.7 Å². The lowest BCUT2D eigenvalue weighted by Crippen LogP contribution is -2.26. The number of rotatable bonds is 6. The summed E-state index contributed by atoms with van der Waals surface area (Å²) in [5.41, 5.74) is 3.02. The Morgan fingerprint density at radius 3 is 2.34 bits per heavy atom. The van der Waals surface area contributed by atoms with Crippen LogP contribution in [0.5, 0.6) is 0 Å². The summed E-state index contributed by atoms with van der Waals surface area (Å²) in [6.45, 7) is 13.0. The third-order valence-corrected chi connectivity index (χ3v) is 4.50. The molecule has 0 saturated carbocycles. The summed E-state index contributed by atoms with van der Waals surface area (Å²) in [5.74, 6) is -2.31. The van der Waals surface area contributed by atoms with Crippen molar-refractivity contribution in [2.75, 3.05) is 5.32 Å². The number of nitrogens with one attached hydrogen (secondary N) is 1. The molecule has 0 aliphatic rings. The first-order valence-electron chi connectivity index (χ1n) is 10.8. The highest BCUT2D eigenvalue weighted by atomic mass is 19.1. The highest BCUT2D eigenvalue weighted by molar-refractivity contribution is 5.99. The summed E-state index contributed by atoms with van der Waals surface area (Å²) in [4.78, 5) is 18.6. The normalized spacial score (nSPS) is 10.8. The molecule has 8 heteroatoms. The molecule has 2 N–H and O–H groups in total. The SMILES string of the molecule is C/C=C/c1ccc(-c2nc3ccc(F)cc3c(NC(C)C(=O)O)c2C#N)cc1.C=NC(=C)F.CC. The minimum absolute atomic E-state index is 0.171. The number of carbonyl (C=O) groups is 1. The number of halogens is 2. The van der Waals surface area contributed by atoms with Gasteiger partial charge < -0.3 is 10.4 Å². The molecule has 182 valence electrons. The first-order chi connectivity index (χ1) is 16.7. The van der Waals surface area contributed by atoms with E-state index in [1.807, 2.05) is 57.2 Å². The van der Waals surface area contributed by atoms with Crippen molar-refractivity contribution in [3.8, 4) is 17.3 Å². The maximum absolute atomic E-state index is 13.8. The standard InChI is InChI=1S/C22H18FN3O2.C3H4FN.C2H6/c1-3-4-14-5-7-15(8-6-14)20-18(12-24)21(25-13(2)22(27)28)17-11-16(23)9-10-19(17)26-20;1-3(4)5-2;1-2/h3-11,13H,1-2H3,(H,25,26)(H,27,28);1-2H2;1-2H3/b4-3+;;. The zero-order valence-corrected chi connectivity index (χ0v) is 20.1. The number of carboxylic acids is 1. The van der Waals surface area contributed by atoms with Gasteiger partial charge >= 0.3 is 5.97 Å². The summed E-state index contributed by atoms with van der Waals surface area (Å²) < 4.78 is 24.8. The molecule has 0 fully saturated rings. The van der Waals surface area contributed by atoms with Gasteiger partial charge in [0.2, 0.25) is 5.95 Å². The number of nitrogens with zero attached hydrogens (tertiary/aromatic N) is 3. The van der Waals surface area contributed by atoms with Gasteiger partial charge in [0.1, 0.15) is 23.5 Å². The average Bonchev–Trinajstić information content (AvgIpc) is 2.86. The quantitative estimate of drug-likeness (QED) is 0.294. The summed E-state index contributed by atoms with van der Waals surface area (Å²) >= 11 is 0. The first-order valence-corrected chi connectivity index (χ1v) is 10.8. The van der Waals surface area contributed by atoms with Gasteiger partial charge in [-0.25, -0.2) is 14.4 Å². The molecule has 1 heterocycles. The Kier molecular flexibility index (Phi) is 11.5. The molecule has 0 spiro atoms. The summed E-state index contributed by atoms with van der Waals surface area (Å²) in [5, 5.41) is 22.2. The second kappa shape index (κ2) is 14.0. The predicted molar refractivity (Wildman–Crippen MR) is 138 cm³/mol. The molecule has 1 aromatic heterocycles. The highest BCUT2D eigenvalue weighted by Crippen LogP contribution is 2.34. The Hall–Kier alpha value is -4.38. The molecular weight excluding hydrogens is 450 g/mol. The molecule has 3 aromatic rings. The third-order valence-electron chi connectivity index (χ3n) is 4.50. The number of aliphatic imine (C=N–C) groups is 1. The van der Waals surface area contributed by atoms with E-state index in [9.17, 15) is 23.9 Å². The van der Waals surface area contributed by atoms with Gasteiger partial charge in [0.25, 0.3) is 0 Å². The monoisotopic (exact) mass is 478 g/mol. The van der Waals surface area contributed by atoms with E-state index in [0.717, 1.165) is 5.56 Å². The minimum Gasteiger partial charge on any atom is -0.480 e. The number of carboxylic acid groups (broad SMARTS) is 1. The number of anilines is 1. The molecular formula is C27H28F2N4O2. The Labute approximate surface area is 204 Å². The van der Waals surface area contributed by atoms with Gasteiger partial charge in [-0.15, -0.1) is 0 Å². The number of aliphatic carboxylic acids is 1. The van der Waals surface area contributed by atoms with Crippen LogP contribution in [-0.4, -0.2) is 28.8 Å². The van der Waals surface area contributed by atoms with Gasteiger partial charge in [0.05, 0.1) is 16.9 Å². The number of allylic oxidation sites excluding steroid dienone is 1. The van der Waals surface area contributed by atoms with Crippen LogP contribution < -0.4 is 5.32 Å². The van der Waals surface area contributed by atoms with E-state index >= 15 is 0 Å². The highest BCUT2D eigenvalue weighted by Gasteiger charge is 2.20. The largest absolute Gasteiger partial charge is 0.480 e. The van der Waals surface area contributed by atoms with Crippen molar-refractivity contribution in [2.45, 2.75) is 33.7 Å². The molecule has 0 bridgehead atoms. The Bertz CT molecular complexity index is 1260. The fourth-order valence-corrected chi connectivity index (χ4v) is 2.93. The van der Waals surface area contributed by atoms with Crippen LogP contribution in [0.4, 0.5) is 14.5 Å².